The minimum Gasteiger partial charge on any atom is -0.302 e. The van der Waals surface area contributed by atoms with Crippen LogP contribution in [0.1, 0.15) is 64.2 Å². The molecule has 0 heterocycles. The van der Waals surface area contributed by atoms with E-state index in [1.165, 1.54) is 64.2 Å². The lowest BCUT2D eigenvalue weighted by molar-refractivity contribution is 0.0470. The number of rotatable bonds is 5. The second kappa shape index (κ2) is 6.36. The molecule has 0 aromatic carbocycles. The molecule has 0 spiro atoms. The summed E-state index contributed by atoms with van der Waals surface area (Å²) in [5, 5.41) is 0. The predicted octanol–water partition coefficient (Wildman–Crippen LogP) is 2.66. The van der Waals surface area contributed by atoms with Crippen molar-refractivity contribution in [2.45, 2.75) is 75.8 Å². The van der Waals surface area contributed by atoms with Crippen molar-refractivity contribution in [3.8, 4) is 0 Å². The minimum atomic E-state index is 0.301. The molecule has 1 unspecified atom stereocenters. The summed E-state index contributed by atoms with van der Waals surface area (Å²) in [6.45, 7) is 0. The molecule has 106 valence electrons. The van der Waals surface area contributed by atoms with Gasteiger partial charge in [-0.15, -0.1) is 0 Å². The van der Waals surface area contributed by atoms with Crippen LogP contribution in [-0.4, -0.2) is 30.6 Å². The molecule has 1 atom stereocenters. The fourth-order valence-corrected chi connectivity index (χ4v) is 4.29. The van der Waals surface area contributed by atoms with Gasteiger partial charge in [0.2, 0.25) is 0 Å². The zero-order valence-corrected chi connectivity index (χ0v) is 12.3. The Morgan fingerprint density at radius 3 is 2.22 bits per heavy atom. The maximum atomic E-state index is 5.93. The van der Waals surface area contributed by atoms with E-state index in [1.54, 1.807) is 0 Å². The van der Waals surface area contributed by atoms with E-state index in [0.29, 0.717) is 11.6 Å². The number of hydrogen-bond donors (Lipinski definition) is 2. The summed E-state index contributed by atoms with van der Waals surface area (Å²) in [6.07, 6.45) is 13.7. The van der Waals surface area contributed by atoms with Gasteiger partial charge in [0.25, 0.3) is 0 Å². The van der Waals surface area contributed by atoms with E-state index in [1.807, 2.05) is 0 Å². The van der Waals surface area contributed by atoms with Gasteiger partial charge in [0.1, 0.15) is 0 Å². The lowest BCUT2D eigenvalue weighted by Gasteiger charge is -2.49. The van der Waals surface area contributed by atoms with Crippen molar-refractivity contribution >= 4 is 0 Å². The first-order valence-corrected chi connectivity index (χ1v) is 7.82. The zero-order chi connectivity index (χ0) is 13.0. The van der Waals surface area contributed by atoms with Gasteiger partial charge in [-0.25, -0.2) is 0 Å². The Kier molecular flexibility index (Phi) is 5.05. The van der Waals surface area contributed by atoms with E-state index in [4.69, 9.17) is 5.84 Å². The van der Waals surface area contributed by atoms with Gasteiger partial charge in [0.05, 0.1) is 0 Å². The first-order chi connectivity index (χ1) is 8.69. The van der Waals surface area contributed by atoms with Crippen LogP contribution < -0.4 is 11.3 Å². The summed E-state index contributed by atoms with van der Waals surface area (Å²) >= 11 is 0. The van der Waals surface area contributed by atoms with Crippen LogP contribution in [0.5, 0.6) is 0 Å². The topological polar surface area (TPSA) is 41.3 Å². The first kappa shape index (κ1) is 14.3. The normalized spacial score (nSPS) is 26.7. The van der Waals surface area contributed by atoms with Gasteiger partial charge in [-0.05, 0) is 39.3 Å². The molecule has 2 saturated carbocycles. The molecule has 2 rings (SSSR count). The summed E-state index contributed by atoms with van der Waals surface area (Å²) in [6, 6.07) is 0.468. The van der Waals surface area contributed by atoms with E-state index in [-0.39, 0.29) is 0 Å². The standard InChI is InChI=1S/C15H31N3/c1-18(2)15(10-6-3-7-11-15)14(17-16)12-13-8-4-5-9-13/h13-14,17H,3-12,16H2,1-2H3. The lowest BCUT2D eigenvalue weighted by Crippen LogP contribution is -2.61. The van der Waals surface area contributed by atoms with Crippen LogP contribution in [0.2, 0.25) is 0 Å². The average molecular weight is 253 g/mol. The molecule has 2 aliphatic rings. The van der Waals surface area contributed by atoms with Crippen molar-refractivity contribution in [2.24, 2.45) is 11.8 Å². The average Bonchev–Trinajstić information content (AvgIpc) is 2.89. The first-order valence-electron chi connectivity index (χ1n) is 7.82. The minimum absolute atomic E-state index is 0.301. The highest BCUT2D eigenvalue weighted by molar-refractivity contribution is 5.00. The van der Waals surface area contributed by atoms with Crippen LogP contribution in [0.3, 0.4) is 0 Å². The van der Waals surface area contributed by atoms with E-state index in [9.17, 15) is 0 Å². The van der Waals surface area contributed by atoms with Crippen LogP contribution in [0.15, 0.2) is 0 Å². The monoisotopic (exact) mass is 253 g/mol. The number of likely N-dealkylation sites (N-methyl/N-ethyl adjacent to an activating group) is 1. The smallest absolute Gasteiger partial charge is 0.0397 e. The van der Waals surface area contributed by atoms with Crippen molar-refractivity contribution < 1.29 is 0 Å². The van der Waals surface area contributed by atoms with Crippen LogP contribution in [-0.2, 0) is 0 Å². The Balaban J connectivity index is 2.05. The molecule has 18 heavy (non-hydrogen) atoms. The van der Waals surface area contributed by atoms with Crippen LogP contribution in [0.25, 0.3) is 0 Å². The molecule has 0 aromatic rings. The largest absolute Gasteiger partial charge is 0.302 e. The third-order valence-electron chi connectivity index (χ3n) is 5.50. The number of nitrogens with two attached hydrogens (primary N) is 1. The predicted molar refractivity (Wildman–Crippen MR) is 77.2 cm³/mol. The van der Waals surface area contributed by atoms with Gasteiger partial charge in [0, 0.05) is 11.6 Å². The highest BCUT2D eigenvalue weighted by atomic mass is 15.3. The van der Waals surface area contributed by atoms with Crippen molar-refractivity contribution in [1.82, 2.24) is 10.3 Å². The summed E-state index contributed by atoms with van der Waals surface area (Å²) < 4.78 is 0. The van der Waals surface area contributed by atoms with E-state index in [2.05, 4.69) is 24.4 Å². The lowest BCUT2D eigenvalue weighted by atomic mass is 9.73. The Bertz CT molecular complexity index is 240. The fraction of sp³-hybridized carbons (Fsp3) is 1.00. The number of hydrazine groups is 1. The van der Waals surface area contributed by atoms with Gasteiger partial charge in [-0.1, -0.05) is 44.9 Å². The van der Waals surface area contributed by atoms with Gasteiger partial charge >= 0.3 is 0 Å². The maximum absolute atomic E-state index is 5.93. The van der Waals surface area contributed by atoms with Crippen LogP contribution >= 0.6 is 0 Å². The molecule has 2 aliphatic carbocycles. The van der Waals surface area contributed by atoms with Crippen molar-refractivity contribution in [1.29, 1.82) is 0 Å². The second-order valence-electron chi connectivity index (χ2n) is 6.66. The molecular formula is C15H31N3. The second-order valence-corrected chi connectivity index (χ2v) is 6.66. The Labute approximate surface area is 112 Å². The number of hydrogen-bond acceptors (Lipinski definition) is 3. The van der Waals surface area contributed by atoms with Crippen LogP contribution in [0, 0.1) is 5.92 Å². The maximum Gasteiger partial charge on any atom is 0.0397 e. The molecule has 0 amide bonds. The molecule has 0 radical (unpaired) electrons. The zero-order valence-electron chi connectivity index (χ0n) is 12.3. The molecule has 0 aromatic heterocycles. The molecule has 0 bridgehead atoms. The third-order valence-corrected chi connectivity index (χ3v) is 5.50. The quantitative estimate of drug-likeness (QED) is 0.584. The van der Waals surface area contributed by atoms with E-state index < -0.39 is 0 Å². The summed E-state index contributed by atoms with van der Waals surface area (Å²) in [5.74, 6) is 6.84. The summed E-state index contributed by atoms with van der Waals surface area (Å²) in [4.78, 5) is 2.45. The Morgan fingerprint density at radius 1 is 1.11 bits per heavy atom. The van der Waals surface area contributed by atoms with Gasteiger partial charge in [-0.2, -0.15) is 0 Å². The fourth-order valence-electron chi connectivity index (χ4n) is 4.29. The molecular weight excluding hydrogens is 222 g/mol. The van der Waals surface area contributed by atoms with Crippen LogP contribution in [0.4, 0.5) is 0 Å². The molecule has 3 N–H and O–H groups in total. The number of nitrogens with zero attached hydrogens (tertiary/aromatic N) is 1. The van der Waals surface area contributed by atoms with Crippen molar-refractivity contribution in [3.05, 3.63) is 0 Å². The highest BCUT2D eigenvalue weighted by Crippen LogP contribution is 2.39. The highest BCUT2D eigenvalue weighted by Gasteiger charge is 2.42. The van der Waals surface area contributed by atoms with Crippen molar-refractivity contribution in [3.63, 3.8) is 0 Å². The molecule has 2 fully saturated rings. The summed E-state index contributed by atoms with van der Waals surface area (Å²) in [7, 11) is 4.48. The molecule has 3 heteroatoms. The molecule has 0 aliphatic heterocycles. The van der Waals surface area contributed by atoms with Crippen molar-refractivity contribution in [2.75, 3.05) is 14.1 Å². The Morgan fingerprint density at radius 2 is 1.72 bits per heavy atom. The van der Waals surface area contributed by atoms with E-state index >= 15 is 0 Å². The van der Waals surface area contributed by atoms with Gasteiger partial charge in [0.15, 0.2) is 0 Å². The SMILES string of the molecule is CN(C)C1(C(CC2CCCC2)NN)CCCCC1. The molecule has 0 saturated heterocycles. The van der Waals surface area contributed by atoms with Gasteiger partial charge in [-0.3, -0.25) is 11.3 Å². The molecule has 3 nitrogen and oxygen atoms in total. The Hall–Kier alpha value is -0.120. The summed E-state index contributed by atoms with van der Waals surface area (Å²) in [5.41, 5.74) is 3.48. The van der Waals surface area contributed by atoms with Gasteiger partial charge < -0.3 is 4.90 Å². The third kappa shape index (κ3) is 2.89. The number of nitrogens with one attached hydrogen (secondary N) is 1. The van der Waals surface area contributed by atoms with E-state index in [0.717, 1.165) is 5.92 Å².